The third-order valence-electron chi connectivity index (χ3n) is 0.463. The van der Waals surface area contributed by atoms with Gasteiger partial charge in [-0.1, -0.05) is 5.54 Å². The summed E-state index contributed by atoms with van der Waals surface area (Å²) in [6, 6.07) is 0. The van der Waals surface area contributed by atoms with E-state index in [1.807, 2.05) is 6.92 Å². The second-order valence-corrected chi connectivity index (χ2v) is 6.28. The topological polar surface area (TPSA) is 0 Å². The lowest BCUT2D eigenvalue weighted by Crippen LogP contribution is -2.17. The summed E-state index contributed by atoms with van der Waals surface area (Å²) in [5.74, 6) is 2.86. The molecule has 0 nitrogen and oxygen atoms in total. The van der Waals surface area contributed by atoms with Crippen molar-refractivity contribution in [1.29, 1.82) is 0 Å². The molecular weight excluding hydrogens is 100 g/mol. The smallest absolute Gasteiger partial charge is 0.109 e. The van der Waals surface area contributed by atoms with Crippen LogP contribution < -0.4 is 0 Å². The molecule has 0 aromatic heterocycles. The highest BCUT2D eigenvalue weighted by molar-refractivity contribution is 6.86. The van der Waals surface area contributed by atoms with Gasteiger partial charge in [-0.3, -0.25) is 0 Å². The van der Waals surface area contributed by atoms with E-state index >= 15 is 0 Å². The van der Waals surface area contributed by atoms with E-state index in [1.54, 1.807) is 0 Å². The van der Waals surface area contributed by atoms with Crippen LogP contribution >= 0.6 is 0 Å². The minimum atomic E-state index is -1.27. The van der Waals surface area contributed by atoms with E-state index < -0.39 is 8.07 Å². The van der Waals surface area contributed by atoms with Gasteiger partial charge < -0.3 is 0 Å². The lowest BCUT2D eigenvalue weighted by atomic mass is 10.8. The van der Waals surface area contributed by atoms with Gasteiger partial charge in [0.2, 0.25) is 0 Å². The molecule has 0 aromatic rings. The first-order valence-electron chi connectivity index (χ1n) is 2.35. The van der Waals surface area contributed by atoms with Crippen LogP contribution in [0.5, 0.6) is 0 Å². The number of rotatable bonds is 0. The van der Waals surface area contributed by atoms with Crippen LogP contribution in [0.25, 0.3) is 0 Å². The van der Waals surface area contributed by atoms with E-state index in [2.05, 4.69) is 31.1 Å². The Hall–Kier alpha value is -0.353. The third kappa shape index (κ3) is 5.65. The summed E-state index contributed by atoms with van der Waals surface area (Å²) in [5.41, 5.74) is 3.06. The zero-order chi connectivity index (χ0) is 5.91. The average molecular weight is 111 g/mol. The predicted molar refractivity (Wildman–Crippen MR) is 36.3 cm³/mol. The summed E-state index contributed by atoms with van der Waals surface area (Å²) in [6.45, 7) is 10.0. The maximum Gasteiger partial charge on any atom is 0.337 e. The normalized spacial score (nSPS) is 9.57. The quantitative estimate of drug-likeness (QED) is 0.253. The monoisotopic (exact) mass is 111 g/mol. The van der Waals surface area contributed by atoms with E-state index in [4.69, 9.17) is 0 Å². The molecule has 0 saturated carbocycles. The molecule has 0 atom stereocenters. The summed E-state index contributed by atoms with van der Waals surface area (Å²) in [4.78, 5) is 0. The lowest BCUT2D eigenvalue weighted by molar-refractivity contribution is 1.86. The molecule has 7 heavy (non-hydrogen) atoms. The van der Waals surface area contributed by atoms with Crippen molar-refractivity contribution in [3.8, 4) is 11.5 Å². The third-order valence-corrected chi connectivity index (χ3v) is 1.39. The second kappa shape index (κ2) is 2.09. The summed E-state index contributed by atoms with van der Waals surface area (Å²) < 4.78 is 0. The first-order valence-corrected chi connectivity index (χ1v) is 5.56. The van der Waals surface area contributed by atoms with Crippen molar-refractivity contribution in [2.45, 2.75) is 20.0 Å². The molecule has 0 aliphatic heterocycles. The van der Waals surface area contributed by atoms with Crippen molar-refractivity contribution in [2.24, 2.45) is 0 Å². The fraction of sp³-hybridized carbons (Fsp3) is 0.500. The standard InChI is InChI=1S/C6H11Si/c1-5-6-7(2,3)4/h2H2,1,3-4H3/q+1. The molecule has 0 N–H and O–H groups in total. The Morgan fingerprint density at radius 3 is 1.86 bits per heavy atom. The summed E-state index contributed by atoms with van der Waals surface area (Å²) in [7, 11) is -1.27. The predicted octanol–water partition coefficient (Wildman–Crippen LogP) is 1.63. The van der Waals surface area contributed by atoms with Crippen molar-refractivity contribution >= 4 is 8.07 Å². The Labute approximate surface area is 46.9 Å². The van der Waals surface area contributed by atoms with Gasteiger partial charge in [-0.15, -0.1) is 5.92 Å². The molecular formula is C6H11Si+. The maximum atomic E-state index is 3.93. The van der Waals surface area contributed by atoms with Crippen LogP contribution in [0.1, 0.15) is 6.92 Å². The Kier molecular flexibility index (Phi) is 1.98. The molecule has 38 valence electrons. The largest absolute Gasteiger partial charge is 0.337 e. The Balaban J connectivity index is 3.72. The molecule has 0 radical (unpaired) electrons. The van der Waals surface area contributed by atoms with Gasteiger partial charge >= 0.3 is 8.07 Å². The molecule has 0 spiro atoms. The van der Waals surface area contributed by atoms with Gasteiger partial charge in [0.25, 0.3) is 0 Å². The minimum Gasteiger partial charge on any atom is -0.109 e. The SMILES string of the molecule is [CH2+][Si](C)(C)C#CC. The van der Waals surface area contributed by atoms with Gasteiger partial charge in [-0.2, -0.15) is 0 Å². The minimum absolute atomic E-state index is 1.27. The highest BCUT2D eigenvalue weighted by Crippen LogP contribution is 1.93. The van der Waals surface area contributed by atoms with Crippen molar-refractivity contribution in [2.75, 3.05) is 0 Å². The molecule has 0 unspecified atom stereocenters. The summed E-state index contributed by atoms with van der Waals surface area (Å²) in [6.07, 6.45) is 0. The van der Waals surface area contributed by atoms with Crippen LogP contribution in [0.4, 0.5) is 0 Å². The zero-order valence-electron chi connectivity index (χ0n) is 5.21. The Bertz CT molecular complexity index is 97.6. The van der Waals surface area contributed by atoms with E-state index in [-0.39, 0.29) is 0 Å². The van der Waals surface area contributed by atoms with Crippen molar-refractivity contribution < 1.29 is 0 Å². The highest BCUT2D eigenvalue weighted by atomic mass is 28.3. The molecule has 0 aliphatic carbocycles. The van der Waals surface area contributed by atoms with Crippen molar-refractivity contribution in [1.82, 2.24) is 0 Å². The van der Waals surface area contributed by atoms with E-state index in [1.165, 1.54) is 0 Å². The number of hydrogen-bond acceptors (Lipinski definition) is 0. The summed E-state index contributed by atoms with van der Waals surface area (Å²) in [5, 5.41) is 0. The van der Waals surface area contributed by atoms with E-state index in [0.29, 0.717) is 0 Å². The lowest BCUT2D eigenvalue weighted by Gasteiger charge is -1.89. The molecule has 0 heterocycles. The van der Waals surface area contributed by atoms with E-state index in [9.17, 15) is 0 Å². The molecule has 0 aliphatic rings. The zero-order valence-corrected chi connectivity index (χ0v) is 6.21. The first kappa shape index (κ1) is 6.65. The van der Waals surface area contributed by atoms with Gasteiger partial charge in [0.1, 0.15) is 0 Å². The first-order chi connectivity index (χ1) is 3.06. The fourth-order valence-corrected chi connectivity index (χ4v) is 1.02. The molecule has 0 rings (SSSR count). The van der Waals surface area contributed by atoms with Crippen LogP contribution in [0.3, 0.4) is 0 Å². The van der Waals surface area contributed by atoms with Gasteiger partial charge in [0.15, 0.2) is 0 Å². The van der Waals surface area contributed by atoms with Gasteiger partial charge in [-0.25, -0.2) is 0 Å². The molecule has 1 heteroatoms. The average Bonchev–Trinajstić information content (AvgIpc) is 1.30. The molecule has 0 saturated heterocycles. The van der Waals surface area contributed by atoms with Crippen LogP contribution in [-0.4, -0.2) is 8.07 Å². The molecule has 0 aromatic carbocycles. The van der Waals surface area contributed by atoms with Crippen molar-refractivity contribution in [3.63, 3.8) is 0 Å². The fourth-order valence-electron chi connectivity index (χ4n) is 0.338. The van der Waals surface area contributed by atoms with Gasteiger partial charge in [-0.05, 0) is 20.0 Å². The molecule has 0 fully saturated rings. The molecule has 0 bridgehead atoms. The Morgan fingerprint density at radius 2 is 1.86 bits per heavy atom. The highest BCUT2D eigenvalue weighted by Gasteiger charge is 2.19. The molecule has 0 amide bonds. The van der Waals surface area contributed by atoms with Crippen LogP contribution in [0.2, 0.25) is 13.1 Å². The Morgan fingerprint density at radius 1 is 1.43 bits per heavy atom. The van der Waals surface area contributed by atoms with Crippen LogP contribution in [-0.2, 0) is 0 Å². The van der Waals surface area contributed by atoms with Crippen LogP contribution in [0, 0.1) is 18.0 Å². The van der Waals surface area contributed by atoms with Gasteiger partial charge in [0, 0.05) is 6.55 Å². The second-order valence-electron chi connectivity index (χ2n) is 2.26. The van der Waals surface area contributed by atoms with Gasteiger partial charge in [0.05, 0.1) is 0 Å². The van der Waals surface area contributed by atoms with Crippen molar-refractivity contribution in [3.05, 3.63) is 6.55 Å². The number of hydrogen-bond donors (Lipinski definition) is 0. The maximum absolute atomic E-state index is 3.93. The van der Waals surface area contributed by atoms with Crippen LogP contribution in [0.15, 0.2) is 0 Å². The summed E-state index contributed by atoms with van der Waals surface area (Å²) >= 11 is 0. The van der Waals surface area contributed by atoms with E-state index in [0.717, 1.165) is 0 Å².